The van der Waals surface area contributed by atoms with Gasteiger partial charge in [-0.1, -0.05) is 24.8 Å². The first-order chi connectivity index (χ1) is 6.86. The molecule has 76 valence electrons. The van der Waals surface area contributed by atoms with Gasteiger partial charge in [0.05, 0.1) is 6.61 Å². The van der Waals surface area contributed by atoms with Crippen LogP contribution in [0.1, 0.15) is 18.4 Å². The summed E-state index contributed by atoms with van der Waals surface area (Å²) in [5, 5.41) is 0. The molecule has 0 aliphatic carbocycles. The standard InChI is InChI=1S/C12H17OP/c1-2-11-5-7-12(8-6-11)13-9-3-4-10-14/h2,5-8H,1,3-4,9-10,14H2. The molecule has 0 fully saturated rings. The molecule has 0 heterocycles. The van der Waals surface area contributed by atoms with Crippen LogP contribution in [0.4, 0.5) is 0 Å². The van der Waals surface area contributed by atoms with Gasteiger partial charge in [0.1, 0.15) is 5.75 Å². The zero-order valence-corrected chi connectivity index (χ0v) is 9.56. The van der Waals surface area contributed by atoms with Gasteiger partial charge in [-0.05, 0) is 36.7 Å². The van der Waals surface area contributed by atoms with Crippen LogP contribution in [0, 0.1) is 0 Å². The first-order valence-electron chi connectivity index (χ1n) is 4.92. The van der Waals surface area contributed by atoms with Gasteiger partial charge in [-0.25, -0.2) is 0 Å². The molecule has 1 unspecified atom stereocenters. The molecule has 0 bridgehead atoms. The second kappa shape index (κ2) is 6.62. The largest absolute Gasteiger partial charge is 0.494 e. The summed E-state index contributed by atoms with van der Waals surface area (Å²) < 4.78 is 5.56. The van der Waals surface area contributed by atoms with Crippen molar-refractivity contribution in [3.05, 3.63) is 36.4 Å². The van der Waals surface area contributed by atoms with Gasteiger partial charge in [0.2, 0.25) is 0 Å². The second-order valence-corrected chi connectivity index (χ2v) is 3.69. The molecule has 0 saturated carbocycles. The first kappa shape index (κ1) is 11.3. The van der Waals surface area contributed by atoms with Crippen LogP contribution in [-0.2, 0) is 0 Å². The fraction of sp³-hybridized carbons (Fsp3) is 0.333. The van der Waals surface area contributed by atoms with Gasteiger partial charge in [-0.3, -0.25) is 0 Å². The predicted octanol–water partition coefficient (Wildman–Crippen LogP) is 3.36. The van der Waals surface area contributed by atoms with Crippen LogP contribution in [-0.4, -0.2) is 12.8 Å². The van der Waals surface area contributed by atoms with E-state index in [0.29, 0.717) is 0 Å². The second-order valence-electron chi connectivity index (χ2n) is 3.12. The molecular weight excluding hydrogens is 191 g/mol. The highest BCUT2D eigenvalue weighted by Gasteiger charge is 1.92. The molecule has 1 rings (SSSR count). The normalized spacial score (nSPS) is 9.79. The van der Waals surface area contributed by atoms with E-state index in [9.17, 15) is 0 Å². The molecule has 0 aromatic heterocycles. The van der Waals surface area contributed by atoms with Crippen LogP contribution >= 0.6 is 9.24 Å². The smallest absolute Gasteiger partial charge is 0.119 e. The SMILES string of the molecule is C=Cc1ccc(OCCCCP)cc1. The van der Waals surface area contributed by atoms with E-state index in [4.69, 9.17) is 4.74 Å². The lowest BCUT2D eigenvalue weighted by Crippen LogP contribution is -1.97. The van der Waals surface area contributed by atoms with Gasteiger partial charge in [-0.2, -0.15) is 0 Å². The molecule has 0 N–H and O–H groups in total. The van der Waals surface area contributed by atoms with Gasteiger partial charge in [-0.15, -0.1) is 9.24 Å². The van der Waals surface area contributed by atoms with Gasteiger partial charge < -0.3 is 4.74 Å². The molecule has 0 saturated heterocycles. The minimum Gasteiger partial charge on any atom is -0.494 e. The number of hydrogen-bond donors (Lipinski definition) is 0. The fourth-order valence-corrected chi connectivity index (χ4v) is 1.43. The van der Waals surface area contributed by atoms with E-state index in [0.717, 1.165) is 30.5 Å². The molecule has 14 heavy (non-hydrogen) atoms. The van der Waals surface area contributed by atoms with Crippen molar-refractivity contribution >= 4 is 15.3 Å². The lowest BCUT2D eigenvalue weighted by atomic mass is 10.2. The van der Waals surface area contributed by atoms with Crippen molar-refractivity contribution < 1.29 is 4.74 Å². The minimum atomic E-state index is 0.807. The summed E-state index contributed by atoms with van der Waals surface area (Å²) in [5.74, 6) is 0.944. The Hall–Kier alpha value is -0.810. The number of ether oxygens (including phenoxy) is 1. The molecule has 0 aliphatic heterocycles. The van der Waals surface area contributed by atoms with Crippen LogP contribution in [0.25, 0.3) is 6.08 Å². The van der Waals surface area contributed by atoms with Gasteiger partial charge in [0.25, 0.3) is 0 Å². The van der Waals surface area contributed by atoms with Crippen molar-refractivity contribution in [2.75, 3.05) is 12.8 Å². The Morgan fingerprint density at radius 3 is 2.50 bits per heavy atom. The third-order valence-electron chi connectivity index (χ3n) is 1.98. The summed E-state index contributed by atoms with van der Waals surface area (Å²) >= 11 is 0. The molecule has 0 radical (unpaired) electrons. The van der Waals surface area contributed by atoms with Crippen LogP contribution in [0.5, 0.6) is 5.75 Å². The van der Waals surface area contributed by atoms with E-state index < -0.39 is 0 Å². The summed E-state index contributed by atoms with van der Waals surface area (Å²) in [6.07, 6.45) is 5.30. The van der Waals surface area contributed by atoms with Crippen LogP contribution in [0.2, 0.25) is 0 Å². The maximum absolute atomic E-state index is 5.56. The Labute approximate surface area is 88.4 Å². The molecule has 0 spiro atoms. The molecule has 0 amide bonds. The van der Waals surface area contributed by atoms with Crippen LogP contribution < -0.4 is 4.74 Å². The number of hydrogen-bond acceptors (Lipinski definition) is 1. The summed E-state index contributed by atoms with van der Waals surface area (Å²) in [5.41, 5.74) is 1.13. The molecule has 1 aromatic rings. The van der Waals surface area contributed by atoms with E-state index >= 15 is 0 Å². The quantitative estimate of drug-likeness (QED) is 0.514. The summed E-state index contributed by atoms with van der Waals surface area (Å²) in [7, 11) is 2.72. The summed E-state index contributed by atoms with van der Waals surface area (Å²) in [6.45, 7) is 4.51. The van der Waals surface area contributed by atoms with Crippen LogP contribution in [0.15, 0.2) is 30.8 Å². The Kier molecular flexibility index (Phi) is 5.32. The maximum Gasteiger partial charge on any atom is 0.119 e. The van der Waals surface area contributed by atoms with Crippen molar-refractivity contribution in [2.24, 2.45) is 0 Å². The maximum atomic E-state index is 5.56. The Bertz CT molecular complexity index is 266. The predicted molar refractivity (Wildman–Crippen MR) is 65.8 cm³/mol. The average molecular weight is 208 g/mol. The molecule has 1 atom stereocenters. The van der Waals surface area contributed by atoms with E-state index in [2.05, 4.69) is 15.8 Å². The van der Waals surface area contributed by atoms with Crippen molar-refractivity contribution in [3.63, 3.8) is 0 Å². The first-order valence-corrected chi connectivity index (χ1v) is 5.74. The lowest BCUT2D eigenvalue weighted by molar-refractivity contribution is 0.310. The third kappa shape index (κ3) is 3.93. The van der Waals surface area contributed by atoms with Crippen molar-refractivity contribution in [2.45, 2.75) is 12.8 Å². The highest BCUT2D eigenvalue weighted by molar-refractivity contribution is 7.16. The molecule has 0 aliphatic rings. The Morgan fingerprint density at radius 2 is 1.93 bits per heavy atom. The van der Waals surface area contributed by atoms with Gasteiger partial charge >= 0.3 is 0 Å². The number of unbranched alkanes of at least 4 members (excludes halogenated alkanes) is 1. The zero-order chi connectivity index (χ0) is 10.2. The number of rotatable bonds is 6. The highest BCUT2D eigenvalue weighted by Crippen LogP contribution is 2.13. The van der Waals surface area contributed by atoms with Crippen LogP contribution in [0.3, 0.4) is 0 Å². The zero-order valence-electron chi connectivity index (χ0n) is 8.41. The third-order valence-corrected chi connectivity index (χ3v) is 2.39. The Morgan fingerprint density at radius 1 is 1.21 bits per heavy atom. The van der Waals surface area contributed by atoms with Gasteiger partial charge in [0, 0.05) is 0 Å². The number of benzene rings is 1. The lowest BCUT2D eigenvalue weighted by Gasteiger charge is -2.05. The van der Waals surface area contributed by atoms with E-state index in [-0.39, 0.29) is 0 Å². The highest BCUT2D eigenvalue weighted by atomic mass is 31.0. The van der Waals surface area contributed by atoms with E-state index in [1.165, 1.54) is 6.42 Å². The molecule has 1 aromatic carbocycles. The molecule has 1 nitrogen and oxygen atoms in total. The monoisotopic (exact) mass is 208 g/mol. The topological polar surface area (TPSA) is 9.23 Å². The summed E-state index contributed by atoms with van der Waals surface area (Å²) in [4.78, 5) is 0. The molecular formula is C12H17OP. The van der Waals surface area contributed by atoms with Gasteiger partial charge in [0.15, 0.2) is 0 Å². The van der Waals surface area contributed by atoms with E-state index in [1.807, 2.05) is 30.3 Å². The van der Waals surface area contributed by atoms with Crippen molar-refractivity contribution in [3.8, 4) is 5.75 Å². The Balaban J connectivity index is 2.32. The average Bonchev–Trinajstić information content (AvgIpc) is 2.25. The molecule has 2 heteroatoms. The van der Waals surface area contributed by atoms with Crippen molar-refractivity contribution in [1.82, 2.24) is 0 Å². The minimum absolute atomic E-state index is 0.807. The fourth-order valence-electron chi connectivity index (χ4n) is 1.14. The van der Waals surface area contributed by atoms with E-state index in [1.54, 1.807) is 0 Å². The summed E-state index contributed by atoms with van der Waals surface area (Å²) in [6, 6.07) is 7.99. The van der Waals surface area contributed by atoms with Crippen molar-refractivity contribution in [1.29, 1.82) is 0 Å².